The Hall–Kier alpha value is -5.77. The van der Waals surface area contributed by atoms with Crippen molar-refractivity contribution in [1.29, 1.82) is 0 Å². The molecule has 260 valence electrons. The second-order valence-electron chi connectivity index (χ2n) is 10.7. The Kier molecular flexibility index (Phi) is 11.4. The molecule has 1 aliphatic rings. The molecule has 2 aromatic carbocycles. The van der Waals surface area contributed by atoms with Crippen molar-refractivity contribution in [1.82, 2.24) is 0 Å². The Morgan fingerprint density at radius 1 is 0.673 bits per heavy atom. The van der Waals surface area contributed by atoms with Gasteiger partial charge in [0.1, 0.15) is 47.2 Å². The highest BCUT2D eigenvalue weighted by atomic mass is 16.7. The molecule has 0 N–H and O–H groups in total. The van der Waals surface area contributed by atoms with Gasteiger partial charge in [-0.05, 0) is 17.7 Å². The minimum Gasteiger partial charge on any atom is -0.463 e. The predicted molar refractivity (Wildman–Crippen MR) is 163 cm³/mol. The van der Waals surface area contributed by atoms with E-state index in [2.05, 4.69) is 0 Å². The summed E-state index contributed by atoms with van der Waals surface area (Å²) in [7, 11) is 0. The van der Waals surface area contributed by atoms with Crippen LogP contribution in [0, 0.1) is 0 Å². The highest BCUT2D eigenvalue weighted by Gasteiger charge is 2.53. The molecule has 0 amide bonds. The number of hydrogen-bond donors (Lipinski definition) is 0. The largest absolute Gasteiger partial charge is 0.463 e. The van der Waals surface area contributed by atoms with E-state index in [4.69, 9.17) is 42.3 Å². The van der Waals surface area contributed by atoms with Crippen molar-refractivity contribution in [2.24, 2.45) is 0 Å². The molecule has 1 aliphatic heterocycles. The quantitative estimate of drug-likeness (QED) is 0.171. The van der Waals surface area contributed by atoms with Gasteiger partial charge in [0.2, 0.25) is 17.8 Å². The Balaban J connectivity index is 1.69. The first-order valence-corrected chi connectivity index (χ1v) is 14.7. The van der Waals surface area contributed by atoms with Gasteiger partial charge in [-0.15, -0.1) is 0 Å². The fraction of sp³-hybridized carbons (Fsp3) is 0.364. The molecular weight excluding hydrogens is 652 g/mol. The third-order valence-electron chi connectivity index (χ3n) is 6.70. The molecule has 1 fully saturated rings. The lowest BCUT2D eigenvalue weighted by molar-refractivity contribution is -0.288. The van der Waals surface area contributed by atoms with Crippen LogP contribution in [0.4, 0.5) is 0 Å². The number of carbonyl (C=O) groups excluding carboxylic acids is 6. The van der Waals surface area contributed by atoms with E-state index in [1.807, 2.05) is 0 Å². The van der Waals surface area contributed by atoms with Crippen LogP contribution in [0.2, 0.25) is 0 Å². The predicted octanol–water partition coefficient (Wildman–Crippen LogP) is 2.77. The lowest BCUT2D eigenvalue weighted by Crippen LogP contribution is -2.63. The van der Waals surface area contributed by atoms with Gasteiger partial charge >= 0.3 is 35.8 Å². The lowest BCUT2D eigenvalue weighted by Gasteiger charge is -2.43. The van der Waals surface area contributed by atoms with Crippen molar-refractivity contribution < 1.29 is 71.1 Å². The van der Waals surface area contributed by atoms with Gasteiger partial charge < -0.3 is 42.3 Å². The maximum Gasteiger partial charge on any atom is 0.308 e. The maximum absolute atomic E-state index is 13.6. The van der Waals surface area contributed by atoms with E-state index in [0.29, 0.717) is 5.56 Å². The molecule has 1 saturated heterocycles. The Morgan fingerprint density at radius 3 is 1.84 bits per heavy atom. The highest BCUT2D eigenvalue weighted by molar-refractivity contribution is 5.91. The van der Waals surface area contributed by atoms with Crippen LogP contribution < -0.4 is 19.6 Å². The summed E-state index contributed by atoms with van der Waals surface area (Å²) < 4.78 is 49.2. The molecule has 3 aromatic rings. The summed E-state index contributed by atoms with van der Waals surface area (Å²) in [5.41, 5.74) is -0.158. The van der Waals surface area contributed by atoms with Gasteiger partial charge in [0, 0.05) is 53.7 Å². The zero-order valence-electron chi connectivity index (χ0n) is 27.2. The smallest absolute Gasteiger partial charge is 0.308 e. The third-order valence-corrected chi connectivity index (χ3v) is 6.70. The molecule has 0 spiro atoms. The standard InChI is InChI=1S/C33H32O16/c1-15(34)41-14-27-30(45-18(4)37)31(46-19(5)38)32(47-20(6)39)33(49-27)48-22-9-7-21(8-10-22)24-13-42-25-11-23(43-16(2)35)12-26(44-17(3)36)28(25)29(24)40/h7-13,27,30-33H,14H2,1-6H3/t27-,30+,31-,32+,33+/m1/s1. The first-order chi connectivity index (χ1) is 23.1. The molecule has 0 saturated carbocycles. The van der Waals surface area contributed by atoms with Gasteiger partial charge in [-0.25, -0.2) is 0 Å². The third kappa shape index (κ3) is 9.19. The van der Waals surface area contributed by atoms with E-state index in [1.54, 1.807) is 0 Å². The first-order valence-electron chi connectivity index (χ1n) is 14.7. The number of fused-ring (bicyclic) bond motifs is 1. The van der Waals surface area contributed by atoms with Crippen molar-refractivity contribution in [2.75, 3.05) is 6.61 Å². The summed E-state index contributed by atoms with van der Waals surface area (Å²) in [4.78, 5) is 84.6. The van der Waals surface area contributed by atoms with E-state index in [9.17, 15) is 33.6 Å². The van der Waals surface area contributed by atoms with Crippen LogP contribution in [0.1, 0.15) is 41.5 Å². The molecule has 0 unspecified atom stereocenters. The van der Waals surface area contributed by atoms with E-state index >= 15 is 0 Å². The van der Waals surface area contributed by atoms with Gasteiger partial charge in [-0.3, -0.25) is 33.6 Å². The number of rotatable bonds is 10. The van der Waals surface area contributed by atoms with Crippen LogP contribution >= 0.6 is 0 Å². The van der Waals surface area contributed by atoms with Gasteiger partial charge in [-0.1, -0.05) is 12.1 Å². The maximum atomic E-state index is 13.6. The number of ether oxygens (including phenoxy) is 8. The highest BCUT2D eigenvalue weighted by Crippen LogP contribution is 2.34. The zero-order valence-corrected chi connectivity index (χ0v) is 27.2. The topological polar surface area (TPSA) is 206 Å². The number of esters is 6. The fourth-order valence-corrected chi connectivity index (χ4v) is 4.98. The van der Waals surface area contributed by atoms with E-state index in [-0.39, 0.29) is 33.8 Å². The van der Waals surface area contributed by atoms with Crippen molar-refractivity contribution in [3.8, 4) is 28.4 Å². The summed E-state index contributed by atoms with van der Waals surface area (Å²) in [5, 5.41) is -0.0820. The van der Waals surface area contributed by atoms with Crippen molar-refractivity contribution >= 4 is 46.8 Å². The number of hydrogen-bond acceptors (Lipinski definition) is 16. The zero-order chi connectivity index (χ0) is 36.0. The normalized spacial score (nSPS) is 20.0. The van der Waals surface area contributed by atoms with Crippen molar-refractivity contribution in [3.05, 3.63) is 52.9 Å². The van der Waals surface area contributed by atoms with E-state index in [0.717, 1.165) is 34.6 Å². The van der Waals surface area contributed by atoms with Crippen molar-refractivity contribution in [3.63, 3.8) is 0 Å². The average molecular weight is 685 g/mol. The fourth-order valence-electron chi connectivity index (χ4n) is 4.98. The van der Waals surface area contributed by atoms with Crippen molar-refractivity contribution in [2.45, 2.75) is 72.2 Å². The first kappa shape index (κ1) is 36.1. The molecule has 5 atom stereocenters. The Morgan fingerprint density at radius 2 is 1.27 bits per heavy atom. The monoisotopic (exact) mass is 684 g/mol. The molecule has 16 nitrogen and oxygen atoms in total. The molecule has 4 rings (SSSR count). The number of carbonyl (C=O) groups is 6. The molecule has 0 bridgehead atoms. The van der Waals surface area contributed by atoms with Crippen LogP contribution in [0.25, 0.3) is 22.1 Å². The second-order valence-corrected chi connectivity index (χ2v) is 10.7. The van der Waals surface area contributed by atoms with Gasteiger partial charge in [0.25, 0.3) is 0 Å². The molecular formula is C33H32O16. The summed E-state index contributed by atoms with van der Waals surface area (Å²) in [5.74, 6) is -4.48. The molecule has 2 heterocycles. The molecule has 0 aliphatic carbocycles. The molecule has 49 heavy (non-hydrogen) atoms. The minimum atomic E-state index is -1.48. The summed E-state index contributed by atoms with van der Waals surface area (Å²) in [6, 6.07) is 8.42. The lowest BCUT2D eigenvalue weighted by atomic mass is 9.98. The van der Waals surface area contributed by atoms with Crippen LogP contribution in [-0.2, 0) is 52.5 Å². The summed E-state index contributed by atoms with van der Waals surface area (Å²) in [6.07, 6.45) is -5.77. The minimum absolute atomic E-state index is 0.00384. The van der Waals surface area contributed by atoms with Crippen LogP contribution in [0.15, 0.2) is 51.9 Å². The molecule has 16 heteroatoms. The average Bonchev–Trinajstić information content (AvgIpc) is 2.98. The van der Waals surface area contributed by atoms with Gasteiger partial charge in [-0.2, -0.15) is 0 Å². The second kappa shape index (κ2) is 15.4. The molecule has 0 radical (unpaired) electrons. The SMILES string of the molecule is CC(=O)OC[C@H]1O[C@H](Oc2ccc(-c3coc4cc(OC(C)=O)cc(OC(C)=O)c4c3=O)cc2)[C@@H](OC(C)=O)[C@H](OC(C)=O)[C@H]1OC(C)=O. The van der Waals surface area contributed by atoms with Crippen LogP contribution in [0.5, 0.6) is 17.2 Å². The Bertz CT molecular complexity index is 1820. The van der Waals surface area contributed by atoms with Crippen LogP contribution in [-0.4, -0.2) is 73.1 Å². The summed E-state index contributed by atoms with van der Waals surface area (Å²) in [6.45, 7) is 6.33. The van der Waals surface area contributed by atoms with E-state index in [1.165, 1.54) is 49.6 Å². The summed E-state index contributed by atoms with van der Waals surface area (Å²) >= 11 is 0. The number of benzene rings is 2. The van der Waals surface area contributed by atoms with Crippen LogP contribution in [0.3, 0.4) is 0 Å². The van der Waals surface area contributed by atoms with Gasteiger partial charge in [0.05, 0.1) is 5.56 Å². The molecule has 1 aromatic heterocycles. The Labute approximate surface area is 278 Å². The van der Waals surface area contributed by atoms with E-state index < -0.39 is 78.6 Å². The van der Waals surface area contributed by atoms with Gasteiger partial charge in [0.15, 0.2) is 12.2 Å².